The Morgan fingerprint density at radius 3 is 2.65 bits per heavy atom. The third-order valence-corrected chi connectivity index (χ3v) is 5.32. The first-order chi connectivity index (χ1) is 10.7. The highest BCUT2D eigenvalue weighted by molar-refractivity contribution is 5.88. The molecule has 0 aromatic rings. The van der Waals surface area contributed by atoms with Crippen molar-refractivity contribution in [3.05, 3.63) is 23.8 Å². The van der Waals surface area contributed by atoms with Crippen molar-refractivity contribution < 1.29 is 24.2 Å². The highest BCUT2D eigenvalue weighted by atomic mass is 16.5. The molecule has 2 aliphatic carbocycles. The molecule has 0 heterocycles. The Balaban J connectivity index is 2.33. The minimum atomic E-state index is -0.854. The maximum Gasteiger partial charge on any atom is 0.333 e. The molecule has 0 amide bonds. The minimum absolute atomic E-state index is 0.00263. The van der Waals surface area contributed by atoms with Gasteiger partial charge in [0.1, 0.15) is 6.10 Å². The molecule has 2 rings (SSSR count). The van der Waals surface area contributed by atoms with E-state index in [1.807, 2.05) is 19.9 Å². The summed E-state index contributed by atoms with van der Waals surface area (Å²) in [4.78, 5) is 23.2. The first kappa shape index (κ1) is 17.7. The number of methoxy groups -OCH3 is 1. The van der Waals surface area contributed by atoms with Gasteiger partial charge in [0.25, 0.3) is 0 Å². The summed E-state index contributed by atoms with van der Waals surface area (Å²) in [5.41, 5.74) is 0.558. The van der Waals surface area contributed by atoms with Gasteiger partial charge >= 0.3 is 11.9 Å². The van der Waals surface area contributed by atoms with Gasteiger partial charge < -0.3 is 14.6 Å². The molecule has 23 heavy (non-hydrogen) atoms. The molecular weight excluding hydrogens is 296 g/mol. The van der Waals surface area contributed by atoms with Crippen LogP contribution in [0.3, 0.4) is 0 Å². The maximum absolute atomic E-state index is 11.9. The van der Waals surface area contributed by atoms with Crippen LogP contribution < -0.4 is 0 Å². The van der Waals surface area contributed by atoms with Crippen molar-refractivity contribution in [3.8, 4) is 0 Å². The molecule has 0 unspecified atom stereocenters. The van der Waals surface area contributed by atoms with Crippen LogP contribution in [0.4, 0.5) is 0 Å². The molecule has 0 aromatic heterocycles. The van der Waals surface area contributed by atoms with Gasteiger partial charge in [0.15, 0.2) is 0 Å². The zero-order valence-corrected chi connectivity index (χ0v) is 14.3. The normalized spacial score (nSPS) is 36.5. The van der Waals surface area contributed by atoms with Crippen LogP contribution in [0.15, 0.2) is 23.8 Å². The number of ether oxygens (including phenoxy) is 2. The highest BCUT2D eigenvalue weighted by Crippen LogP contribution is 2.50. The Morgan fingerprint density at radius 1 is 1.43 bits per heavy atom. The quantitative estimate of drug-likeness (QED) is 0.491. The molecule has 5 nitrogen and oxygen atoms in total. The van der Waals surface area contributed by atoms with Gasteiger partial charge in [-0.3, -0.25) is 4.79 Å². The first-order valence-electron chi connectivity index (χ1n) is 8.02. The monoisotopic (exact) mass is 322 g/mol. The average Bonchev–Trinajstić information content (AvgIpc) is 2.47. The van der Waals surface area contributed by atoms with Crippen LogP contribution >= 0.6 is 0 Å². The van der Waals surface area contributed by atoms with Gasteiger partial charge in [0.05, 0.1) is 12.7 Å². The molecular formula is C18H26O5. The van der Waals surface area contributed by atoms with Crippen molar-refractivity contribution in [2.45, 2.75) is 51.7 Å². The smallest absolute Gasteiger partial charge is 0.333 e. The summed E-state index contributed by atoms with van der Waals surface area (Å²) < 4.78 is 10.2. The van der Waals surface area contributed by atoms with E-state index in [1.165, 1.54) is 14.0 Å². The van der Waals surface area contributed by atoms with Crippen molar-refractivity contribution in [2.75, 3.05) is 7.11 Å². The summed E-state index contributed by atoms with van der Waals surface area (Å²) in [7, 11) is 1.35. The molecule has 0 aromatic carbocycles. The van der Waals surface area contributed by atoms with Gasteiger partial charge in [-0.05, 0) is 56.4 Å². The highest BCUT2D eigenvalue weighted by Gasteiger charge is 2.49. The minimum Gasteiger partial charge on any atom is -0.466 e. The number of fused-ring (bicyclic) bond motifs is 1. The van der Waals surface area contributed by atoms with E-state index in [4.69, 9.17) is 9.47 Å². The third kappa shape index (κ3) is 3.50. The number of allylic oxidation sites excluding steroid dienone is 1. The zero-order valence-electron chi connectivity index (χ0n) is 14.3. The Labute approximate surface area is 137 Å². The summed E-state index contributed by atoms with van der Waals surface area (Å²) in [5.74, 6) is -0.871. The van der Waals surface area contributed by atoms with E-state index in [9.17, 15) is 14.7 Å². The van der Waals surface area contributed by atoms with Crippen molar-refractivity contribution in [2.24, 2.45) is 17.8 Å². The molecule has 5 heteroatoms. The predicted molar refractivity (Wildman–Crippen MR) is 85.4 cm³/mol. The van der Waals surface area contributed by atoms with E-state index < -0.39 is 11.6 Å². The molecule has 1 N–H and O–H groups in total. The Kier molecular flexibility index (Phi) is 4.99. The molecule has 0 radical (unpaired) electrons. The fourth-order valence-corrected chi connectivity index (χ4v) is 4.02. The van der Waals surface area contributed by atoms with Crippen molar-refractivity contribution >= 4 is 11.9 Å². The number of hydrogen-bond donors (Lipinski definition) is 1. The number of hydrogen-bond acceptors (Lipinski definition) is 5. The van der Waals surface area contributed by atoms with E-state index in [-0.39, 0.29) is 29.8 Å². The SMILES string of the molecule is C=C(C(=O)OC)[C@@H]1CC[C@@](C)(O)[C@@H]2C[C@H](OC(C)=O)C(C)=C[C@@H]21. The van der Waals surface area contributed by atoms with Gasteiger partial charge in [0.2, 0.25) is 0 Å². The van der Waals surface area contributed by atoms with Crippen LogP contribution in [0.2, 0.25) is 0 Å². The standard InChI is InChI=1S/C18H26O5/c1-10-8-14-13(11(2)17(20)22-5)6-7-18(4,21)15(14)9-16(10)23-12(3)19/h8,13-16,21H,2,6-7,9H2,1,3-5H3/t13-,14+,15+,16-,18+/m0/s1. The van der Waals surface area contributed by atoms with Gasteiger partial charge in [-0.2, -0.15) is 0 Å². The van der Waals surface area contributed by atoms with Gasteiger partial charge in [-0.25, -0.2) is 4.79 Å². The first-order valence-corrected chi connectivity index (χ1v) is 8.02. The summed E-state index contributed by atoms with van der Waals surface area (Å²) in [6.07, 6.45) is 3.54. The average molecular weight is 322 g/mol. The number of aliphatic hydroxyl groups is 1. The van der Waals surface area contributed by atoms with Crippen LogP contribution in [-0.2, 0) is 19.1 Å². The predicted octanol–water partition coefficient (Wildman–Crippen LogP) is 2.39. The Bertz CT molecular complexity index is 546. The second-order valence-electron chi connectivity index (χ2n) is 6.95. The fourth-order valence-electron chi connectivity index (χ4n) is 4.02. The number of carbonyl (C=O) groups excluding carboxylic acids is 2. The Morgan fingerprint density at radius 2 is 2.09 bits per heavy atom. The van der Waals surface area contributed by atoms with Crippen molar-refractivity contribution in [3.63, 3.8) is 0 Å². The second-order valence-corrected chi connectivity index (χ2v) is 6.95. The van der Waals surface area contributed by atoms with E-state index in [0.29, 0.717) is 24.8 Å². The van der Waals surface area contributed by atoms with Crippen molar-refractivity contribution in [1.82, 2.24) is 0 Å². The molecule has 0 bridgehead atoms. The topological polar surface area (TPSA) is 72.8 Å². The summed E-state index contributed by atoms with van der Waals surface area (Å²) in [5, 5.41) is 10.8. The lowest BCUT2D eigenvalue weighted by Gasteiger charge is -2.49. The van der Waals surface area contributed by atoms with Crippen LogP contribution in [-0.4, -0.2) is 35.9 Å². The molecule has 128 valence electrons. The van der Waals surface area contributed by atoms with E-state index >= 15 is 0 Å². The number of esters is 2. The summed E-state index contributed by atoms with van der Waals surface area (Å²) >= 11 is 0. The fraction of sp³-hybridized carbons (Fsp3) is 0.667. The van der Waals surface area contributed by atoms with E-state index in [2.05, 4.69) is 6.58 Å². The van der Waals surface area contributed by atoms with Crippen LogP contribution in [0, 0.1) is 17.8 Å². The number of carbonyl (C=O) groups is 2. The van der Waals surface area contributed by atoms with Gasteiger partial charge in [-0.1, -0.05) is 12.7 Å². The maximum atomic E-state index is 11.9. The van der Waals surface area contributed by atoms with Crippen LogP contribution in [0.5, 0.6) is 0 Å². The lowest BCUT2D eigenvalue weighted by Crippen LogP contribution is -2.50. The molecule has 1 fully saturated rings. The Hall–Kier alpha value is -1.62. The lowest BCUT2D eigenvalue weighted by atomic mass is 9.59. The van der Waals surface area contributed by atoms with Crippen LogP contribution in [0.1, 0.15) is 40.0 Å². The van der Waals surface area contributed by atoms with Gasteiger partial charge in [-0.15, -0.1) is 0 Å². The second kappa shape index (κ2) is 6.48. The number of rotatable bonds is 3. The molecule has 0 spiro atoms. The van der Waals surface area contributed by atoms with Crippen LogP contribution in [0.25, 0.3) is 0 Å². The van der Waals surface area contributed by atoms with Gasteiger partial charge in [0, 0.05) is 12.5 Å². The molecule has 5 atom stereocenters. The largest absolute Gasteiger partial charge is 0.466 e. The zero-order chi connectivity index (χ0) is 17.4. The summed E-state index contributed by atoms with van der Waals surface area (Å²) in [6, 6.07) is 0. The molecule has 0 saturated heterocycles. The summed E-state index contributed by atoms with van der Waals surface area (Å²) in [6.45, 7) is 9.04. The molecule has 1 saturated carbocycles. The molecule has 0 aliphatic heterocycles. The van der Waals surface area contributed by atoms with E-state index in [0.717, 1.165) is 5.57 Å². The lowest BCUT2D eigenvalue weighted by molar-refractivity contribution is -0.149. The third-order valence-electron chi connectivity index (χ3n) is 5.32. The van der Waals surface area contributed by atoms with Crippen molar-refractivity contribution in [1.29, 1.82) is 0 Å². The molecule has 2 aliphatic rings. The van der Waals surface area contributed by atoms with E-state index in [1.54, 1.807) is 0 Å².